The Hall–Kier alpha value is -1.91. The fraction of sp³-hybridized carbons (Fsp3) is 0.235. The van der Waals surface area contributed by atoms with Crippen LogP contribution in [0.25, 0.3) is 0 Å². The summed E-state index contributed by atoms with van der Waals surface area (Å²) >= 11 is 5.88. The van der Waals surface area contributed by atoms with Gasteiger partial charge >= 0.3 is 0 Å². The van der Waals surface area contributed by atoms with Crippen LogP contribution in [0.4, 0.5) is 4.39 Å². The molecule has 114 valence electrons. The second kappa shape index (κ2) is 6.90. The molecule has 3 rings (SSSR count). The first-order chi connectivity index (χ1) is 10.7. The Bertz CT molecular complexity index is 673. The third kappa shape index (κ3) is 3.84. The molecule has 1 atom stereocenters. The molecule has 0 bridgehead atoms. The smallest absolute Gasteiger partial charge is 0.145 e. The second-order valence-corrected chi connectivity index (χ2v) is 5.67. The van der Waals surface area contributed by atoms with Crippen LogP contribution in [0.2, 0.25) is 5.02 Å². The molecule has 0 aromatic heterocycles. The van der Waals surface area contributed by atoms with Gasteiger partial charge < -0.3 is 10.2 Å². The molecular formula is C17H16ClFN2O. The first-order valence-electron chi connectivity index (χ1n) is 7.14. The Morgan fingerprint density at radius 3 is 2.82 bits per heavy atom. The van der Waals surface area contributed by atoms with Crippen molar-refractivity contribution in [2.45, 2.75) is 19.1 Å². The highest BCUT2D eigenvalue weighted by Crippen LogP contribution is 2.18. The summed E-state index contributed by atoms with van der Waals surface area (Å²) in [5.74, 6) is -0.218. The predicted octanol–water partition coefficient (Wildman–Crippen LogP) is 3.76. The lowest BCUT2D eigenvalue weighted by atomic mass is 10.1. The van der Waals surface area contributed by atoms with Gasteiger partial charge in [-0.15, -0.1) is 0 Å². The number of halogens is 2. The van der Waals surface area contributed by atoms with E-state index in [1.165, 1.54) is 12.1 Å². The molecule has 1 N–H and O–H groups in total. The summed E-state index contributed by atoms with van der Waals surface area (Å²) in [7, 11) is 0. The summed E-state index contributed by atoms with van der Waals surface area (Å²) < 4.78 is 13.1. The van der Waals surface area contributed by atoms with E-state index in [4.69, 9.17) is 16.4 Å². The van der Waals surface area contributed by atoms with E-state index in [0.29, 0.717) is 18.1 Å². The molecule has 2 aromatic carbocycles. The lowest BCUT2D eigenvalue weighted by molar-refractivity contribution is 0.0848. The highest BCUT2D eigenvalue weighted by Gasteiger charge is 2.21. The maximum absolute atomic E-state index is 13.1. The summed E-state index contributed by atoms with van der Waals surface area (Å²) in [6.45, 7) is 1.27. The Kier molecular flexibility index (Phi) is 4.71. The van der Waals surface area contributed by atoms with Crippen LogP contribution in [0, 0.1) is 5.82 Å². The number of rotatable bonds is 5. The Morgan fingerprint density at radius 1 is 1.23 bits per heavy atom. The van der Waals surface area contributed by atoms with Crippen LogP contribution in [-0.4, -0.2) is 18.4 Å². The molecule has 0 spiro atoms. The number of oxime groups is 1. The van der Waals surface area contributed by atoms with Gasteiger partial charge in [-0.1, -0.05) is 41.0 Å². The first-order valence-corrected chi connectivity index (χ1v) is 7.52. The van der Waals surface area contributed by atoms with Crippen LogP contribution in [0.1, 0.15) is 17.5 Å². The topological polar surface area (TPSA) is 33.6 Å². The fourth-order valence-electron chi connectivity index (χ4n) is 2.38. The van der Waals surface area contributed by atoms with E-state index in [1.807, 2.05) is 30.3 Å². The minimum Gasteiger partial charge on any atom is -0.390 e. The summed E-state index contributed by atoms with van der Waals surface area (Å²) in [6, 6.07) is 14.1. The average Bonchev–Trinajstić information content (AvgIpc) is 2.97. The lowest BCUT2D eigenvalue weighted by Crippen LogP contribution is -2.26. The summed E-state index contributed by atoms with van der Waals surface area (Å²) in [5.41, 5.74) is 2.86. The molecule has 0 unspecified atom stereocenters. The van der Waals surface area contributed by atoms with E-state index in [9.17, 15) is 4.39 Å². The van der Waals surface area contributed by atoms with E-state index >= 15 is 0 Å². The highest BCUT2D eigenvalue weighted by molar-refractivity contribution is 6.30. The lowest BCUT2D eigenvalue weighted by Gasteiger charge is -2.09. The summed E-state index contributed by atoms with van der Waals surface area (Å²) in [4.78, 5) is 5.43. The van der Waals surface area contributed by atoms with Crippen molar-refractivity contribution in [2.75, 3.05) is 6.54 Å². The summed E-state index contributed by atoms with van der Waals surface area (Å²) in [6.07, 6.45) is 0.747. The zero-order valence-corrected chi connectivity index (χ0v) is 12.7. The number of hydrogen-bond acceptors (Lipinski definition) is 3. The third-order valence-electron chi connectivity index (χ3n) is 3.50. The number of nitrogens with zero attached hydrogens (tertiary/aromatic N) is 1. The van der Waals surface area contributed by atoms with Crippen LogP contribution in [0.15, 0.2) is 53.7 Å². The zero-order chi connectivity index (χ0) is 15.4. The van der Waals surface area contributed by atoms with Crippen molar-refractivity contribution in [3.63, 3.8) is 0 Å². The van der Waals surface area contributed by atoms with E-state index in [-0.39, 0.29) is 11.9 Å². The Labute approximate surface area is 133 Å². The first kappa shape index (κ1) is 15.0. The molecule has 0 radical (unpaired) electrons. The van der Waals surface area contributed by atoms with Gasteiger partial charge in [0, 0.05) is 24.5 Å². The maximum Gasteiger partial charge on any atom is 0.145 e. The molecule has 22 heavy (non-hydrogen) atoms. The van der Waals surface area contributed by atoms with E-state index in [2.05, 4.69) is 10.5 Å². The summed E-state index contributed by atoms with van der Waals surface area (Å²) in [5, 5.41) is 8.10. The van der Waals surface area contributed by atoms with Crippen molar-refractivity contribution in [3.05, 3.63) is 70.5 Å². The molecule has 1 heterocycles. The standard InChI is InChI=1S/C17H16ClFN2O/c18-14-6-4-13(5-7-14)17-9-16(22-21-17)11-20-10-12-2-1-3-15(19)8-12/h1-8,16,20H,9-11H2/t16-/m1/s1. The fourth-order valence-corrected chi connectivity index (χ4v) is 2.50. The number of benzene rings is 2. The van der Waals surface area contributed by atoms with Crippen molar-refractivity contribution in [2.24, 2.45) is 5.16 Å². The van der Waals surface area contributed by atoms with Crippen LogP contribution in [-0.2, 0) is 11.4 Å². The van der Waals surface area contributed by atoms with Gasteiger partial charge in [0.25, 0.3) is 0 Å². The molecule has 3 nitrogen and oxygen atoms in total. The van der Waals surface area contributed by atoms with Gasteiger partial charge in [0.15, 0.2) is 0 Å². The number of hydrogen-bond donors (Lipinski definition) is 1. The normalized spacial score (nSPS) is 17.2. The molecule has 0 aliphatic carbocycles. The second-order valence-electron chi connectivity index (χ2n) is 5.24. The SMILES string of the molecule is Fc1cccc(CNC[C@H]2CC(c3ccc(Cl)cc3)=NO2)c1. The van der Waals surface area contributed by atoms with E-state index in [1.54, 1.807) is 6.07 Å². The molecule has 5 heteroatoms. The van der Waals surface area contributed by atoms with Gasteiger partial charge in [0.1, 0.15) is 11.9 Å². The van der Waals surface area contributed by atoms with Gasteiger partial charge in [0.05, 0.1) is 5.71 Å². The van der Waals surface area contributed by atoms with Gasteiger partial charge in [-0.05, 0) is 35.4 Å². The molecule has 1 aliphatic heterocycles. The minimum absolute atomic E-state index is 0.000706. The molecule has 0 fully saturated rings. The van der Waals surface area contributed by atoms with Crippen LogP contribution < -0.4 is 5.32 Å². The Balaban J connectivity index is 1.47. The van der Waals surface area contributed by atoms with E-state index < -0.39 is 0 Å². The number of nitrogens with one attached hydrogen (secondary N) is 1. The molecule has 0 saturated carbocycles. The average molecular weight is 319 g/mol. The van der Waals surface area contributed by atoms with E-state index in [0.717, 1.165) is 23.3 Å². The van der Waals surface area contributed by atoms with Crippen molar-refractivity contribution in [3.8, 4) is 0 Å². The van der Waals surface area contributed by atoms with Crippen LogP contribution >= 0.6 is 11.6 Å². The molecule has 0 saturated heterocycles. The molecule has 2 aromatic rings. The third-order valence-corrected chi connectivity index (χ3v) is 3.75. The van der Waals surface area contributed by atoms with Crippen molar-refractivity contribution in [1.29, 1.82) is 0 Å². The molecular weight excluding hydrogens is 303 g/mol. The van der Waals surface area contributed by atoms with Gasteiger partial charge in [0.2, 0.25) is 0 Å². The largest absolute Gasteiger partial charge is 0.390 e. The molecule has 0 amide bonds. The minimum atomic E-state index is -0.218. The predicted molar refractivity (Wildman–Crippen MR) is 85.6 cm³/mol. The molecule has 1 aliphatic rings. The monoisotopic (exact) mass is 318 g/mol. The van der Waals surface area contributed by atoms with Crippen molar-refractivity contribution >= 4 is 17.3 Å². The van der Waals surface area contributed by atoms with Gasteiger partial charge in [-0.3, -0.25) is 0 Å². The van der Waals surface area contributed by atoms with Crippen LogP contribution in [0.3, 0.4) is 0 Å². The highest BCUT2D eigenvalue weighted by atomic mass is 35.5. The van der Waals surface area contributed by atoms with Gasteiger partial charge in [-0.25, -0.2) is 4.39 Å². The Morgan fingerprint density at radius 2 is 2.05 bits per heavy atom. The van der Waals surface area contributed by atoms with Crippen molar-refractivity contribution in [1.82, 2.24) is 5.32 Å². The van der Waals surface area contributed by atoms with Gasteiger partial charge in [-0.2, -0.15) is 0 Å². The zero-order valence-electron chi connectivity index (χ0n) is 11.9. The van der Waals surface area contributed by atoms with Crippen LogP contribution in [0.5, 0.6) is 0 Å². The quantitative estimate of drug-likeness (QED) is 0.910. The maximum atomic E-state index is 13.1. The van der Waals surface area contributed by atoms with Crippen molar-refractivity contribution < 1.29 is 9.23 Å².